The Morgan fingerprint density at radius 2 is 2.25 bits per heavy atom. The van der Waals surface area contributed by atoms with Crippen LogP contribution in [0.5, 0.6) is 0 Å². The summed E-state index contributed by atoms with van der Waals surface area (Å²) in [5.41, 5.74) is 4.60. The number of nitrogen functional groups attached to an aromatic ring is 1. The van der Waals surface area contributed by atoms with E-state index in [2.05, 4.69) is 5.43 Å². The summed E-state index contributed by atoms with van der Waals surface area (Å²) < 4.78 is 0. The Bertz CT molecular complexity index is 312. The van der Waals surface area contributed by atoms with Gasteiger partial charge in [0.2, 0.25) is 0 Å². The minimum atomic E-state index is -0.480. The number of nitrogens with two attached hydrogens (primary N) is 1. The van der Waals surface area contributed by atoms with Crippen LogP contribution < -0.4 is 11.3 Å². The summed E-state index contributed by atoms with van der Waals surface area (Å²) in [6, 6.07) is 5.06. The molecule has 0 heterocycles. The number of nitrogens with one attached hydrogen (secondary N) is 1. The van der Waals surface area contributed by atoms with Gasteiger partial charge < -0.3 is 5.43 Å². The molecule has 0 aliphatic heterocycles. The molecule has 0 radical (unpaired) electrons. The number of carbonyl (C=O) groups excluding carboxylic acids is 1. The highest BCUT2D eigenvalue weighted by Gasteiger charge is 2.03. The molecule has 64 valence electrons. The van der Waals surface area contributed by atoms with Crippen molar-refractivity contribution in [2.45, 2.75) is 6.92 Å². The number of hydrogen-bond acceptors (Lipinski definition) is 3. The first kappa shape index (κ1) is 9.03. The third-order valence-electron chi connectivity index (χ3n) is 1.62. The second-order valence-corrected chi connectivity index (χ2v) is 2.79. The van der Waals surface area contributed by atoms with Gasteiger partial charge in [-0.25, -0.2) is 0 Å². The highest BCUT2D eigenvalue weighted by molar-refractivity contribution is 6.67. The van der Waals surface area contributed by atoms with E-state index in [1.165, 1.54) is 0 Å². The van der Waals surface area contributed by atoms with Crippen LogP contribution in [0.4, 0.5) is 5.69 Å². The van der Waals surface area contributed by atoms with Gasteiger partial charge in [0, 0.05) is 5.56 Å². The van der Waals surface area contributed by atoms with Crippen molar-refractivity contribution in [2.75, 3.05) is 5.43 Å². The molecule has 0 spiro atoms. The average Bonchev–Trinajstić information content (AvgIpc) is 2.05. The van der Waals surface area contributed by atoms with Gasteiger partial charge in [0.1, 0.15) is 0 Å². The van der Waals surface area contributed by atoms with E-state index in [0.29, 0.717) is 11.3 Å². The Hall–Kier alpha value is -1.06. The number of carbonyl (C=O) groups is 1. The molecule has 0 atom stereocenters. The zero-order valence-electron chi connectivity index (χ0n) is 6.60. The minimum Gasteiger partial charge on any atom is -0.324 e. The van der Waals surface area contributed by atoms with Gasteiger partial charge in [-0.3, -0.25) is 10.6 Å². The molecule has 0 saturated carbocycles. The molecule has 0 fully saturated rings. The number of halogens is 1. The zero-order valence-corrected chi connectivity index (χ0v) is 7.35. The van der Waals surface area contributed by atoms with E-state index in [1.807, 2.05) is 6.92 Å². The highest BCUT2D eigenvalue weighted by Crippen LogP contribution is 2.16. The van der Waals surface area contributed by atoms with Crippen molar-refractivity contribution >= 4 is 22.5 Å². The van der Waals surface area contributed by atoms with Crippen LogP contribution in [0.3, 0.4) is 0 Å². The number of aryl methyl sites for hydroxylation is 1. The second-order valence-electron chi connectivity index (χ2n) is 2.45. The predicted molar refractivity (Wildman–Crippen MR) is 49.2 cm³/mol. The molecule has 3 nitrogen and oxygen atoms in total. The van der Waals surface area contributed by atoms with Gasteiger partial charge in [-0.15, -0.1) is 0 Å². The largest absolute Gasteiger partial charge is 0.324 e. The Morgan fingerprint density at radius 1 is 1.58 bits per heavy atom. The Labute approximate surface area is 75.5 Å². The molecule has 0 aliphatic rings. The normalized spacial score (nSPS) is 9.58. The molecule has 0 bridgehead atoms. The van der Waals surface area contributed by atoms with E-state index >= 15 is 0 Å². The van der Waals surface area contributed by atoms with E-state index in [4.69, 9.17) is 17.4 Å². The van der Waals surface area contributed by atoms with Crippen LogP contribution in [0.1, 0.15) is 15.9 Å². The summed E-state index contributed by atoms with van der Waals surface area (Å²) in [6.45, 7) is 1.89. The molecule has 4 heteroatoms. The fourth-order valence-electron chi connectivity index (χ4n) is 0.900. The third-order valence-corrected chi connectivity index (χ3v) is 1.84. The molecule has 1 aromatic carbocycles. The fourth-order valence-corrected chi connectivity index (χ4v) is 1.02. The van der Waals surface area contributed by atoms with Crippen molar-refractivity contribution in [3.05, 3.63) is 29.3 Å². The zero-order chi connectivity index (χ0) is 9.14. The molecule has 1 aromatic rings. The first-order valence-electron chi connectivity index (χ1n) is 3.42. The van der Waals surface area contributed by atoms with Crippen molar-refractivity contribution in [3.63, 3.8) is 0 Å². The monoisotopic (exact) mass is 184 g/mol. The van der Waals surface area contributed by atoms with E-state index in [-0.39, 0.29) is 0 Å². The van der Waals surface area contributed by atoms with Gasteiger partial charge in [0.15, 0.2) is 0 Å². The number of anilines is 1. The molecular formula is C8H9ClN2O. The van der Waals surface area contributed by atoms with Crippen LogP contribution in [0, 0.1) is 6.92 Å². The van der Waals surface area contributed by atoms with Gasteiger partial charge >= 0.3 is 0 Å². The predicted octanol–water partition coefficient (Wildman–Crippen LogP) is 1.66. The topological polar surface area (TPSA) is 55.1 Å². The Balaban J connectivity index is 3.13. The van der Waals surface area contributed by atoms with Crippen LogP contribution in [0.15, 0.2) is 18.2 Å². The molecule has 3 N–H and O–H groups in total. The fraction of sp³-hybridized carbons (Fsp3) is 0.125. The van der Waals surface area contributed by atoms with E-state index < -0.39 is 5.24 Å². The first-order chi connectivity index (χ1) is 5.65. The lowest BCUT2D eigenvalue weighted by molar-refractivity contribution is 0.108. The smallest absolute Gasteiger partial charge is 0.252 e. The lowest BCUT2D eigenvalue weighted by atomic mass is 10.1. The summed E-state index contributed by atoms with van der Waals surface area (Å²) >= 11 is 5.28. The van der Waals surface area contributed by atoms with E-state index in [0.717, 1.165) is 5.56 Å². The molecule has 0 aliphatic carbocycles. The number of rotatable bonds is 2. The number of hydrogen-bond donors (Lipinski definition) is 2. The molecule has 1 rings (SSSR count). The van der Waals surface area contributed by atoms with Crippen molar-refractivity contribution in [1.82, 2.24) is 0 Å². The lowest BCUT2D eigenvalue weighted by Gasteiger charge is -2.04. The molecule has 0 saturated heterocycles. The van der Waals surface area contributed by atoms with Crippen LogP contribution in [-0.2, 0) is 0 Å². The van der Waals surface area contributed by atoms with Crippen molar-refractivity contribution in [1.29, 1.82) is 0 Å². The van der Waals surface area contributed by atoms with Crippen LogP contribution in [0.2, 0.25) is 0 Å². The third kappa shape index (κ3) is 1.75. The molecule has 0 aromatic heterocycles. The summed E-state index contributed by atoms with van der Waals surface area (Å²) in [5, 5.41) is -0.480. The molecule has 12 heavy (non-hydrogen) atoms. The van der Waals surface area contributed by atoms with E-state index in [1.54, 1.807) is 18.2 Å². The number of hydrazine groups is 1. The maximum atomic E-state index is 10.7. The Morgan fingerprint density at radius 3 is 2.75 bits per heavy atom. The number of benzene rings is 1. The lowest BCUT2D eigenvalue weighted by Crippen LogP contribution is -2.08. The van der Waals surface area contributed by atoms with Gasteiger partial charge in [-0.1, -0.05) is 6.07 Å². The quantitative estimate of drug-likeness (QED) is 0.418. The van der Waals surface area contributed by atoms with Crippen LogP contribution >= 0.6 is 11.6 Å². The van der Waals surface area contributed by atoms with Crippen molar-refractivity contribution < 1.29 is 4.79 Å². The standard InChI is InChI=1S/C8H9ClN2O/c1-5-2-3-6(8(9)12)4-7(5)11-10/h2-4,11H,10H2,1H3. The van der Waals surface area contributed by atoms with Crippen LogP contribution in [0.25, 0.3) is 0 Å². The average molecular weight is 185 g/mol. The van der Waals surface area contributed by atoms with E-state index in [9.17, 15) is 4.79 Å². The summed E-state index contributed by atoms with van der Waals surface area (Å²) in [5.74, 6) is 5.22. The molecular weight excluding hydrogens is 176 g/mol. The van der Waals surface area contributed by atoms with Gasteiger partial charge in [-0.2, -0.15) is 0 Å². The highest BCUT2D eigenvalue weighted by atomic mass is 35.5. The van der Waals surface area contributed by atoms with Crippen molar-refractivity contribution in [3.8, 4) is 0 Å². The summed E-state index contributed by atoms with van der Waals surface area (Å²) in [6.07, 6.45) is 0. The molecule has 0 amide bonds. The van der Waals surface area contributed by atoms with Gasteiger partial charge in [0.25, 0.3) is 5.24 Å². The van der Waals surface area contributed by atoms with Gasteiger partial charge in [-0.05, 0) is 36.2 Å². The maximum absolute atomic E-state index is 10.7. The maximum Gasteiger partial charge on any atom is 0.252 e. The SMILES string of the molecule is Cc1ccc(C(=O)Cl)cc1NN. The molecule has 0 unspecified atom stereocenters. The van der Waals surface area contributed by atoms with Crippen molar-refractivity contribution in [2.24, 2.45) is 5.84 Å². The second kappa shape index (κ2) is 3.56. The van der Waals surface area contributed by atoms with Crippen LogP contribution in [-0.4, -0.2) is 5.24 Å². The summed E-state index contributed by atoms with van der Waals surface area (Å²) in [7, 11) is 0. The minimum absolute atomic E-state index is 0.440. The first-order valence-corrected chi connectivity index (χ1v) is 3.80. The summed E-state index contributed by atoms with van der Waals surface area (Å²) in [4.78, 5) is 10.7. The van der Waals surface area contributed by atoms with Gasteiger partial charge in [0.05, 0.1) is 5.69 Å². The Kier molecular flexibility index (Phi) is 2.68.